The zero-order valence-electron chi connectivity index (χ0n) is 11.1. The summed E-state index contributed by atoms with van der Waals surface area (Å²) in [6.07, 6.45) is 0. The predicted octanol–water partition coefficient (Wildman–Crippen LogP) is 3.29. The van der Waals surface area contributed by atoms with Gasteiger partial charge in [-0.05, 0) is 31.5 Å². The Bertz CT molecular complexity index is 615. The van der Waals surface area contributed by atoms with Crippen LogP contribution in [0.2, 0.25) is 0 Å². The van der Waals surface area contributed by atoms with Crippen molar-refractivity contribution in [3.63, 3.8) is 0 Å². The van der Waals surface area contributed by atoms with Crippen molar-refractivity contribution >= 4 is 16.6 Å². The lowest BCUT2D eigenvalue weighted by Crippen LogP contribution is -2.11. The van der Waals surface area contributed by atoms with Crippen LogP contribution in [0.25, 0.3) is 0 Å². The van der Waals surface area contributed by atoms with Gasteiger partial charge >= 0.3 is 0 Å². The molecule has 2 aromatic carbocycles. The first-order chi connectivity index (χ1) is 9.06. The second-order valence-corrected chi connectivity index (χ2v) is 6.05. The zero-order chi connectivity index (χ0) is 13.8. The lowest BCUT2D eigenvalue weighted by molar-refractivity contribution is 0.102. The van der Waals surface area contributed by atoms with E-state index in [-0.39, 0.29) is 11.5 Å². The van der Waals surface area contributed by atoms with Crippen molar-refractivity contribution in [3.05, 3.63) is 65.2 Å². The van der Waals surface area contributed by atoms with Crippen LogP contribution in [0.4, 0.5) is 0 Å². The molecule has 0 heterocycles. The van der Waals surface area contributed by atoms with Crippen LogP contribution in [-0.4, -0.2) is 15.7 Å². The molecular weight excluding hydrogens is 256 g/mol. The number of Topliss-reactive ketones (excluding diaryl/α,β-unsaturated/α-hetero) is 1. The summed E-state index contributed by atoms with van der Waals surface area (Å²) in [6.45, 7) is 3.92. The van der Waals surface area contributed by atoms with E-state index in [0.717, 1.165) is 11.1 Å². The summed E-state index contributed by atoms with van der Waals surface area (Å²) in [5, 5.41) is 0. The van der Waals surface area contributed by atoms with Crippen molar-refractivity contribution in [2.24, 2.45) is 0 Å². The first kappa shape index (κ1) is 13.7. The standard InChI is InChI=1S/C16H16O2S/c1-12-6-8-14(9-7-12)16(17)11-19(18)15-5-3-4-13(2)10-15/h3-10H,11H2,1-2H3. The normalized spacial score (nSPS) is 12.1. The van der Waals surface area contributed by atoms with Crippen LogP contribution in [0, 0.1) is 13.8 Å². The lowest BCUT2D eigenvalue weighted by atomic mass is 10.1. The summed E-state index contributed by atoms with van der Waals surface area (Å²) in [4.78, 5) is 12.7. The van der Waals surface area contributed by atoms with Crippen molar-refractivity contribution in [1.29, 1.82) is 0 Å². The monoisotopic (exact) mass is 272 g/mol. The fraction of sp³-hybridized carbons (Fsp3) is 0.188. The smallest absolute Gasteiger partial charge is 0.175 e. The molecule has 0 aliphatic heterocycles. The third-order valence-corrected chi connectivity index (χ3v) is 4.19. The van der Waals surface area contributed by atoms with Crippen LogP contribution in [0.1, 0.15) is 21.5 Å². The molecule has 1 atom stereocenters. The molecule has 0 amide bonds. The van der Waals surface area contributed by atoms with Gasteiger partial charge in [0, 0.05) is 10.5 Å². The highest BCUT2D eigenvalue weighted by Gasteiger charge is 2.12. The summed E-state index contributed by atoms with van der Waals surface area (Å²) < 4.78 is 12.1. The highest BCUT2D eigenvalue weighted by Crippen LogP contribution is 2.11. The minimum absolute atomic E-state index is 0.0342. The van der Waals surface area contributed by atoms with Crippen LogP contribution in [0.15, 0.2) is 53.4 Å². The first-order valence-corrected chi connectivity index (χ1v) is 7.43. The van der Waals surface area contributed by atoms with Crippen molar-refractivity contribution < 1.29 is 9.00 Å². The molecule has 0 aromatic heterocycles. The van der Waals surface area contributed by atoms with E-state index >= 15 is 0 Å². The van der Waals surface area contributed by atoms with E-state index < -0.39 is 10.8 Å². The average molecular weight is 272 g/mol. The molecule has 3 heteroatoms. The highest BCUT2D eigenvalue weighted by molar-refractivity contribution is 7.85. The molecule has 0 spiro atoms. The van der Waals surface area contributed by atoms with E-state index in [0.29, 0.717) is 10.5 Å². The number of benzene rings is 2. The maximum atomic E-state index is 12.1. The highest BCUT2D eigenvalue weighted by atomic mass is 32.2. The molecular formula is C16H16O2S. The number of hydrogen-bond donors (Lipinski definition) is 0. The van der Waals surface area contributed by atoms with Crippen molar-refractivity contribution in [2.45, 2.75) is 18.7 Å². The van der Waals surface area contributed by atoms with Crippen LogP contribution < -0.4 is 0 Å². The average Bonchev–Trinajstić information content (AvgIpc) is 2.39. The van der Waals surface area contributed by atoms with Gasteiger partial charge in [0.25, 0.3) is 0 Å². The van der Waals surface area contributed by atoms with Gasteiger partial charge in [0.2, 0.25) is 0 Å². The summed E-state index contributed by atoms with van der Waals surface area (Å²) in [5.74, 6) is -0.0492. The molecule has 98 valence electrons. The van der Waals surface area contributed by atoms with E-state index in [9.17, 15) is 9.00 Å². The summed E-state index contributed by atoms with van der Waals surface area (Å²) in [7, 11) is -1.28. The number of carbonyl (C=O) groups is 1. The SMILES string of the molecule is Cc1ccc(C(=O)CS(=O)c2cccc(C)c2)cc1. The van der Waals surface area contributed by atoms with Gasteiger partial charge in [-0.1, -0.05) is 42.0 Å². The molecule has 0 aliphatic carbocycles. The lowest BCUT2D eigenvalue weighted by Gasteiger charge is -2.04. The van der Waals surface area contributed by atoms with Gasteiger partial charge in [0.15, 0.2) is 5.78 Å². The Morgan fingerprint density at radius 1 is 1.00 bits per heavy atom. The first-order valence-electron chi connectivity index (χ1n) is 6.11. The largest absolute Gasteiger partial charge is 0.293 e. The van der Waals surface area contributed by atoms with Crippen LogP contribution in [0.5, 0.6) is 0 Å². The number of hydrogen-bond acceptors (Lipinski definition) is 2. The molecule has 0 fully saturated rings. The van der Waals surface area contributed by atoms with Gasteiger partial charge in [0.05, 0.1) is 16.6 Å². The van der Waals surface area contributed by atoms with Crippen LogP contribution >= 0.6 is 0 Å². The third kappa shape index (κ3) is 3.61. The topological polar surface area (TPSA) is 34.1 Å². The fourth-order valence-electron chi connectivity index (χ4n) is 1.78. The molecule has 0 saturated carbocycles. The van der Waals surface area contributed by atoms with E-state index in [2.05, 4.69) is 0 Å². The Labute approximate surface area is 115 Å². The Hall–Kier alpha value is -1.74. The molecule has 19 heavy (non-hydrogen) atoms. The van der Waals surface area contributed by atoms with Crippen molar-refractivity contribution in [2.75, 3.05) is 5.75 Å². The number of aryl methyl sites for hydroxylation is 2. The van der Waals surface area contributed by atoms with E-state index in [1.165, 1.54) is 0 Å². The Morgan fingerprint density at radius 2 is 1.68 bits per heavy atom. The van der Waals surface area contributed by atoms with Gasteiger partial charge in [-0.2, -0.15) is 0 Å². The molecule has 1 unspecified atom stereocenters. The maximum Gasteiger partial charge on any atom is 0.175 e. The second kappa shape index (κ2) is 5.93. The van der Waals surface area contributed by atoms with Gasteiger partial charge in [-0.3, -0.25) is 9.00 Å². The predicted molar refractivity (Wildman–Crippen MR) is 78.0 cm³/mol. The van der Waals surface area contributed by atoms with Gasteiger partial charge in [-0.15, -0.1) is 0 Å². The summed E-state index contributed by atoms with van der Waals surface area (Å²) in [6, 6.07) is 14.8. The molecule has 2 aromatic rings. The minimum Gasteiger partial charge on any atom is -0.293 e. The Balaban J connectivity index is 2.11. The molecule has 0 radical (unpaired) electrons. The molecule has 0 bridgehead atoms. The fourth-order valence-corrected chi connectivity index (χ4v) is 2.90. The quantitative estimate of drug-likeness (QED) is 0.800. The van der Waals surface area contributed by atoms with Crippen molar-refractivity contribution in [1.82, 2.24) is 0 Å². The van der Waals surface area contributed by atoms with Gasteiger partial charge in [0.1, 0.15) is 0 Å². The van der Waals surface area contributed by atoms with E-state index in [1.54, 1.807) is 18.2 Å². The Morgan fingerprint density at radius 3 is 2.32 bits per heavy atom. The number of rotatable bonds is 4. The van der Waals surface area contributed by atoms with Gasteiger partial charge < -0.3 is 0 Å². The second-order valence-electron chi connectivity index (χ2n) is 4.60. The molecule has 0 saturated heterocycles. The number of carbonyl (C=O) groups excluding carboxylic acids is 1. The van der Waals surface area contributed by atoms with E-state index in [4.69, 9.17) is 0 Å². The molecule has 0 N–H and O–H groups in total. The Kier molecular flexibility index (Phi) is 4.27. The third-order valence-electron chi connectivity index (χ3n) is 2.89. The molecule has 2 rings (SSSR count). The maximum absolute atomic E-state index is 12.1. The minimum atomic E-state index is -1.28. The van der Waals surface area contributed by atoms with Gasteiger partial charge in [-0.25, -0.2) is 0 Å². The summed E-state index contributed by atoms with van der Waals surface area (Å²) in [5.41, 5.74) is 2.77. The van der Waals surface area contributed by atoms with Crippen molar-refractivity contribution in [3.8, 4) is 0 Å². The van der Waals surface area contributed by atoms with Crippen LogP contribution in [0.3, 0.4) is 0 Å². The zero-order valence-corrected chi connectivity index (χ0v) is 11.9. The molecule has 0 aliphatic rings. The number of ketones is 1. The van der Waals surface area contributed by atoms with E-state index in [1.807, 2.05) is 44.2 Å². The molecule has 2 nitrogen and oxygen atoms in total. The van der Waals surface area contributed by atoms with Crippen LogP contribution in [-0.2, 0) is 10.8 Å². The summed E-state index contributed by atoms with van der Waals surface area (Å²) >= 11 is 0.